The van der Waals surface area contributed by atoms with E-state index in [1.165, 1.54) is 4.90 Å². The van der Waals surface area contributed by atoms with Crippen LogP contribution in [0.3, 0.4) is 0 Å². The van der Waals surface area contributed by atoms with Crippen molar-refractivity contribution in [1.82, 2.24) is 14.6 Å². The molecule has 6 aliphatic rings. The number of Topliss-reactive ketones (excluding diaryl/α,β-unsaturated/α-hetero) is 1. The maximum absolute atomic E-state index is 14.8. The maximum Gasteiger partial charge on any atom is 0.306 e. The summed E-state index contributed by atoms with van der Waals surface area (Å²) in [6.07, 6.45) is 12.1. The first-order chi connectivity index (χ1) is 26.6. The van der Waals surface area contributed by atoms with Gasteiger partial charge in [-0.25, -0.2) is 22.2 Å². The molecule has 4 heterocycles. The fourth-order valence-corrected chi connectivity index (χ4v) is 10.6. The Morgan fingerprint density at radius 3 is 2.54 bits per heavy atom. The molecule has 8 rings (SSSR count). The molecule has 1 aromatic carbocycles. The molecule has 5 atom stereocenters. The predicted octanol–water partition coefficient (Wildman–Crippen LogP) is 6.32. The molecule has 3 saturated carbocycles. The second kappa shape index (κ2) is 14.5. The van der Waals surface area contributed by atoms with E-state index in [0.717, 1.165) is 50.7 Å². The highest BCUT2D eigenvalue weighted by Gasteiger charge is 2.63. The van der Waals surface area contributed by atoms with Crippen molar-refractivity contribution in [3.63, 3.8) is 0 Å². The molecule has 0 unspecified atom stereocenters. The Morgan fingerprint density at radius 1 is 1.04 bits per heavy atom. The van der Waals surface area contributed by atoms with Gasteiger partial charge in [-0.2, -0.15) is 0 Å². The van der Waals surface area contributed by atoms with Crippen molar-refractivity contribution in [2.24, 2.45) is 23.2 Å². The molecular weight excluding hydrogens is 745 g/mol. The third-order valence-corrected chi connectivity index (χ3v) is 15.8. The van der Waals surface area contributed by atoms with Gasteiger partial charge in [0.2, 0.25) is 21.8 Å². The van der Waals surface area contributed by atoms with Gasteiger partial charge in [0.05, 0.1) is 47.0 Å². The van der Waals surface area contributed by atoms with Crippen LogP contribution in [-0.4, -0.2) is 71.4 Å². The Hall–Kier alpha value is -3.94. The van der Waals surface area contributed by atoms with Crippen LogP contribution in [0.5, 0.6) is 5.75 Å². The third kappa shape index (κ3) is 7.23. The molecule has 302 valence electrons. The van der Waals surface area contributed by atoms with Gasteiger partial charge in [0.15, 0.2) is 17.4 Å². The summed E-state index contributed by atoms with van der Waals surface area (Å²) in [4.78, 5) is 62.8. The molecule has 3 aliphatic heterocycles. The highest BCUT2D eigenvalue weighted by Crippen LogP contribution is 2.58. The van der Waals surface area contributed by atoms with E-state index >= 15 is 0 Å². The van der Waals surface area contributed by atoms with E-state index in [1.54, 1.807) is 13.8 Å². The van der Waals surface area contributed by atoms with Crippen LogP contribution in [0.2, 0.25) is 0 Å². The molecule has 1 spiro atoms. The molecule has 0 radical (unpaired) electrons. The number of carbonyl (C=O) groups excluding carboxylic acids is 4. The number of hydrogen-bond donors (Lipinski definition) is 1. The quantitative estimate of drug-likeness (QED) is 0.251. The zero-order valence-corrected chi connectivity index (χ0v) is 33.0. The third-order valence-electron chi connectivity index (χ3n) is 13.6. The Labute approximate surface area is 326 Å². The van der Waals surface area contributed by atoms with Gasteiger partial charge in [-0.1, -0.05) is 31.4 Å². The number of ketones is 1. The number of fused-ring (bicyclic) bond motifs is 5. The standard InChI is InChI=1S/C42H51F2N3O8S/c1-25-37-29(30-18-31(43)32(44)19-33(30)45-25)13-14-41(55-37)21-34-35(48)22-42(39(51)46-56(52,53)40(2)15-16-40)20-28(42)12-7-5-3-4-6-11-27(38(50)47(34)24-41)17-36(49)54-23-26-9-8-10-26/h7,12,18-19,26-28,34H,3-6,8-11,13-17,20-24H2,1-2H3,(H,46,51)/b12-7-/t27-,28-,34+,41-,42-/m1/s1. The molecule has 2 aromatic rings. The van der Waals surface area contributed by atoms with Gasteiger partial charge < -0.3 is 14.4 Å². The second-order valence-corrected chi connectivity index (χ2v) is 19.9. The van der Waals surface area contributed by atoms with Crippen LogP contribution >= 0.6 is 0 Å². The van der Waals surface area contributed by atoms with Gasteiger partial charge in [0.1, 0.15) is 11.4 Å². The molecule has 4 fully saturated rings. The van der Waals surface area contributed by atoms with E-state index in [9.17, 15) is 36.4 Å². The van der Waals surface area contributed by atoms with Crippen molar-refractivity contribution in [2.75, 3.05) is 13.2 Å². The predicted molar refractivity (Wildman–Crippen MR) is 202 cm³/mol. The summed E-state index contributed by atoms with van der Waals surface area (Å²) in [5, 5.41) is 0.426. The topological polar surface area (TPSA) is 149 Å². The van der Waals surface area contributed by atoms with Crippen LogP contribution in [0.25, 0.3) is 10.9 Å². The lowest BCUT2D eigenvalue weighted by Crippen LogP contribution is -2.48. The number of aryl methyl sites for hydroxylation is 2. The number of allylic oxidation sites excluding steroid dienone is 2. The zero-order chi connectivity index (χ0) is 39.6. The summed E-state index contributed by atoms with van der Waals surface area (Å²) < 4.78 is 68.8. The molecule has 56 heavy (non-hydrogen) atoms. The highest BCUT2D eigenvalue weighted by molar-refractivity contribution is 7.91. The summed E-state index contributed by atoms with van der Waals surface area (Å²) in [6, 6.07) is 1.16. The lowest BCUT2D eigenvalue weighted by molar-refractivity contribution is -0.152. The summed E-state index contributed by atoms with van der Waals surface area (Å²) in [5.41, 5.74) is -0.920. The van der Waals surface area contributed by atoms with Gasteiger partial charge in [-0.3, -0.25) is 23.9 Å². The molecule has 14 heteroatoms. The normalized spacial score (nSPS) is 30.9. The number of sulfonamides is 1. The van der Waals surface area contributed by atoms with Crippen LogP contribution in [-0.2, 0) is 40.4 Å². The van der Waals surface area contributed by atoms with Crippen LogP contribution in [0.15, 0.2) is 24.3 Å². The van der Waals surface area contributed by atoms with Crippen LogP contribution < -0.4 is 9.46 Å². The van der Waals surface area contributed by atoms with Crippen molar-refractivity contribution in [3.8, 4) is 5.75 Å². The van der Waals surface area contributed by atoms with Gasteiger partial charge >= 0.3 is 5.97 Å². The number of amides is 2. The van der Waals surface area contributed by atoms with E-state index in [1.807, 2.05) is 12.2 Å². The van der Waals surface area contributed by atoms with Crippen molar-refractivity contribution >= 4 is 44.5 Å². The number of aromatic nitrogens is 1. The first kappa shape index (κ1) is 38.9. The van der Waals surface area contributed by atoms with E-state index in [2.05, 4.69) is 9.71 Å². The first-order valence-electron chi connectivity index (χ1n) is 20.3. The Bertz CT molecular complexity index is 2120. The summed E-state index contributed by atoms with van der Waals surface area (Å²) >= 11 is 0. The Kier molecular flexibility index (Phi) is 10.0. The average molecular weight is 796 g/mol. The van der Waals surface area contributed by atoms with Gasteiger partial charge in [-0.05, 0) is 96.0 Å². The lowest BCUT2D eigenvalue weighted by Gasteiger charge is -2.36. The molecule has 1 N–H and O–H groups in total. The van der Waals surface area contributed by atoms with Crippen molar-refractivity contribution in [2.45, 2.75) is 133 Å². The number of nitrogens with one attached hydrogen (secondary N) is 1. The van der Waals surface area contributed by atoms with Gasteiger partial charge in [-0.15, -0.1) is 0 Å². The monoisotopic (exact) mass is 795 g/mol. The molecule has 11 nitrogen and oxygen atoms in total. The number of pyridine rings is 1. The number of esters is 1. The minimum Gasteiger partial charge on any atom is -0.483 e. The van der Waals surface area contributed by atoms with Crippen LogP contribution in [0.1, 0.15) is 114 Å². The molecule has 2 amide bonds. The van der Waals surface area contributed by atoms with E-state index in [0.29, 0.717) is 85.4 Å². The smallest absolute Gasteiger partial charge is 0.306 e. The van der Waals surface area contributed by atoms with Gasteiger partial charge in [0, 0.05) is 35.8 Å². The largest absolute Gasteiger partial charge is 0.483 e. The molecule has 1 saturated heterocycles. The minimum atomic E-state index is -3.97. The fourth-order valence-electron chi connectivity index (χ4n) is 9.29. The highest BCUT2D eigenvalue weighted by atomic mass is 32.2. The van der Waals surface area contributed by atoms with E-state index in [4.69, 9.17) is 9.47 Å². The lowest BCUT2D eigenvalue weighted by atomic mass is 9.85. The van der Waals surface area contributed by atoms with Gasteiger partial charge in [0.25, 0.3) is 0 Å². The fraction of sp³-hybridized carbons (Fsp3) is 0.643. The van der Waals surface area contributed by atoms with Crippen LogP contribution in [0, 0.1) is 41.7 Å². The Balaban J connectivity index is 1.12. The number of rotatable bonds is 7. The zero-order valence-electron chi connectivity index (χ0n) is 32.2. The molecule has 3 aliphatic carbocycles. The Morgan fingerprint density at radius 2 is 1.80 bits per heavy atom. The van der Waals surface area contributed by atoms with Crippen molar-refractivity contribution < 1.29 is 45.9 Å². The summed E-state index contributed by atoms with van der Waals surface area (Å²) in [6.45, 7) is 3.67. The number of nitrogens with zero attached hydrogens (tertiary/aromatic N) is 2. The average Bonchev–Trinajstić information content (AvgIpc) is 4.02. The van der Waals surface area contributed by atoms with E-state index in [-0.39, 0.29) is 43.4 Å². The SMILES string of the molecule is Cc1nc2cc(F)c(F)cc2c2c1O[C@]1(CC2)C[C@H]2C(=O)C[C@]3(C(=O)NS(=O)(=O)C4(C)CC4)C[C@H]3/C=C\CCCCC[C@H](CC(=O)OCC3CCC3)C(=O)N2C1. The number of carbonyl (C=O) groups is 4. The number of ether oxygens (including phenoxy) is 2. The summed E-state index contributed by atoms with van der Waals surface area (Å²) in [5.74, 6) is -4.24. The van der Waals surface area contributed by atoms with E-state index < -0.39 is 61.3 Å². The molecule has 0 bridgehead atoms. The van der Waals surface area contributed by atoms with Crippen molar-refractivity contribution in [1.29, 1.82) is 0 Å². The minimum absolute atomic E-state index is 0.0276. The second-order valence-electron chi connectivity index (χ2n) is 17.7. The number of hydrogen-bond acceptors (Lipinski definition) is 9. The van der Waals surface area contributed by atoms with Crippen LogP contribution in [0.4, 0.5) is 8.78 Å². The summed E-state index contributed by atoms with van der Waals surface area (Å²) in [7, 11) is -3.97. The molecular formula is C42H51F2N3O8S. The first-order valence-corrected chi connectivity index (χ1v) is 21.8. The number of halogens is 2. The maximum atomic E-state index is 14.8. The van der Waals surface area contributed by atoms with Crippen molar-refractivity contribution in [3.05, 3.63) is 47.2 Å². The molecule has 1 aromatic heterocycles. The number of benzene rings is 1.